The number of nitrogens with one attached hydrogen (secondary N) is 1. The third-order valence-corrected chi connectivity index (χ3v) is 7.21. The molecule has 0 radical (unpaired) electrons. The lowest BCUT2D eigenvalue weighted by Gasteiger charge is -2.26. The second-order valence-corrected chi connectivity index (χ2v) is 10.00. The van der Waals surface area contributed by atoms with Crippen molar-refractivity contribution in [1.29, 1.82) is 0 Å². The van der Waals surface area contributed by atoms with E-state index in [0.717, 1.165) is 22.7 Å². The molecule has 1 aromatic heterocycles. The van der Waals surface area contributed by atoms with Crippen molar-refractivity contribution in [2.75, 3.05) is 26.3 Å². The zero-order valence-corrected chi connectivity index (χ0v) is 20.8. The molecule has 0 saturated carbocycles. The Hall–Kier alpha value is -3.36. The van der Waals surface area contributed by atoms with Crippen molar-refractivity contribution < 1.29 is 40.7 Å². The number of carbonyl (C=O) groups is 2. The first-order chi connectivity index (χ1) is 18.4. The number of ether oxygens (including phenoxy) is 1. The van der Waals surface area contributed by atoms with Gasteiger partial charge in [0.1, 0.15) is 0 Å². The average molecular weight is 571 g/mol. The summed E-state index contributed by atoms with van der Waals surface area (Å²) in [6, 6.07) is 6.21. The second kappa shape index (κ2) is 10.3. The van der Waals surface area contributed by atoms with Crippen LogP contribution < -0.4 is 5.32 Å². The van der Waals surface area contributed by atoms with Crippen LogP contribution in [0.4, 0.5) is 31.1 Å². The maximum atomic E-state index is 13.6. The van der Waals surface area contributed by atoms with Gasteiger partial charge in [-0.3, -0.25) is 19.2 Å². The van der Waals surface area contributed by atoms with Crippen LogP contribution >= 0.6 is 11.8 Å². The third kappa shape index (κ3) is 5.82. The van der Waals surface area contributed by atoms with Crippen LogP contribution in [-0.4, -0.2) is 58.2 Å². The molecule has 14 heteroatoms. The van der Waals surface area contributed by atoms with Crippen molar-refractivity contribution in [3.8, 4) is 0 Å². The molecule has 0 spiro atoms. The van der Waals surface area contributed by atoms with Crippen LogP contribution in [0.1, 0.15) is 22.3 Å². The Bertz CT molecular complexity index is 1460. The number of imide groups is 1. The lowest BCUT2D eigenvalue weighted by Crippen LogP contribution is -2.49. The van der Waals surface area contributed by atoms with E-state index in [9.17, 15) is 35.9 Å². The minimum atomic E-state index is -4.99. The van der Waals surface area contributed by atoms with Gasteiger partial charge >= 0.3 is 12.4 Å². The highest BCUT2D eigenvalue weighted by Crippen LogP contribution is 2.38. The summed E-state index contributed by atoms with van der Waals surface area (Å²) in [4.78, 5) is 26.6. The lowest BCUT2D eigenvalue weighted by atomic mass is 10.0. The Morgan fingerprint density at radius 2 is 1.87 bits per heavy atom. The Kier molecular flexibility index (Phi) is 7.20. The summed E-state index contributed by atoms with van der Waals surface area (Å²) in [5.41, 5.74) is -2.13. The van der Waals surface area contributed by atoms with E-state index < -0.39 is 41.2 Å². The van der Waals surface area contributed by atoms with Gasteiger partial charge in [0.15, 0.2) is 0 Å². The van der Waals surface area contributed by atoms with E-state index in [2.05, 4.69) is 10.4 Å². The number of hydrogen-bond donors (Lipinski definition) is 1. The van der Waals surface area contributed by atoms with Crippen molar-refractivity contribution in [2.24, 2.45) is 0 Å². The lowest BCUT2D eigenvalue weighted by molar-refractivity contribution is -0.143. The second-order valence-electron chi connectivity index (χ2n) is 9.01. The fourth-order valence-electron chi connectivity index (χ4n) is 4.40. The summed E-state index contributed by atoms with van der Waals surface area (Å²) in [6.45, 7) is 1.34. The number of hydrogen-bond acceptors (Lipinski definition) is 6. The maximum absolute atomic E-state index is 13.6. The number of alkyl halides is 6. The van der Waals surface area contributed by atoms with Gasteiger partial charge in [-0.15, -0.1) is 0 Å². The number of thioether (sulfide) groups is 1. The first-order valence-electron chi connectivity index (χ1n) is 11.7. The molecule has 2 fully saturated rings. The molecule has 2 aromatic carbocycles. The summed E-state index contributed by atoms with van der Waals surface area (Å²) >= 11 is 0.807. The summed E-state index contributed by atoms with van der Waals surface area (Å²) in [5.74, 6) is -0.435. The molecule has 39 heavy (non-hydrogen) atoms. The first kappa shape index (κ1) is 27.2. The predicted molar refractivity (Wildman–Crippen MR) is 131 cm³/mol. The molecular weight excluding hydrogens is 550 g/mol. The van der Waals surface area contributed by atoms with Crippen LogP contribution in [0, 0.1) is 0 Å². The van der Waals surface area contributed by atoms with Gasteiger partial charge < -0.3 is 10.1 Å². The van der Waals surface area contributed by atoms with Crippen molar-refractivity contribution in [2.45, 2.75) is 24.9 Å². The largest absolute Gasteiger partial charge is 0.416 e. The van der Waals surface area contributed by atoms with E-state index in [1.54, 1.807) is 24.3 Å². The highest BCUT2D eigenvalue weighted by molar-refractivity contribution is 8.18. The number of amides is 2. The molecule has 0 aliphatic carbocycles. The van der Waals surface area contributed by atoms with Crippen LogP contribution in [0.15, 0.2) is 47.5 Å². The van der Waals surface area contributed by atoms with Gasteiger partial charge in [-0.05, 0) is 53.2 Å². The first-order valence-corrected chi connectivity index (χ1v) is 12.5. The Morgan fingerprint density at radius 3 is 2.56 bits per heavy atom. The number of fused-ring (bicyclic) bond motifs is 1. The number of morpholine rings is 1. The minimum Gasteiger partial charge on any atom is -0.378 e. The summed E-state index contributed by atoms with van der Waals surface area (Å²) in [6.07, 6.45) is -6.95. The van der Waals surface area contributed by atoms with Crippen LogP contribution in [0.3, 0.4) is 0 Å². The van der Waals surface area contributed by atoms with Gasteiger partial charge in [0, 0.05) is 24.5 Å². The van der Waals surface area contributed by atoms with Crippen molar-refractivity contribution >= 4 is 39.9 Å². The molecule has 5 rings (SSSR count). The number of carbonyl (C=O) groups excluding carboxylic acids is 2. The van der Waals surface area contributed by atoms with Gasteiger partial charge in [0.25, 0.3) is 11.1 Å². The molecule has 0 unspecified atom stereocenters. The number of nitrogens with zero attached hydrogens (tertiary/aromatic N) is 3. The number of benzene rings is 2. The Labute approximate surface area is 221 Å². The molecule has 0 bridgehead atoms. The molecule has 206 valence electrons. The van der Waals surface area contributed by atoms with Crippen molar-refractivity contribution in [1.82, 2.24) is 20.0 Å². The minimum absolute atomic E-state index is 0.101. The highest BCUT2D eigenvalue weighted by Gasteiger charge is 2.39. The van der Waals surface area contributed by atoms with Gasteiger partial charge in [-0.25, -0.2) is 0 Å². The topological polar surface area (TPSA) is 76.5 Å². The van der Waals surface area contributed by atoms with Gasteiger partial charge in [0.05, 0.1) is 47.5 Å². The van der Waals surface area contributed by atoms with Gasteiger partial charge in [-0.2, -0.15) is 31.4 Å². The quantitative estimate of drug-likeness (QED) is 0.338. The van der Waals surface area contributed by atoms with E-state index in [1.165, 1.54) is 10.9 Å². The molecule has 2 amide bonds. The molecule has 7 nitrogen and oxygen atoms in total. The monoisotopic (exact) mass is 570 g/mol. The molecule has 2 saturated heterocycles. The van der Waals surface area contributed by atoms with Crippen LogP contribution in [0.5, 0.6) is 0 Å². The fourth-order valence-corrected chi connectivity index (χ4v) is 5.25. The van der Waals surface area contributed by atoms with Crippen LogP contribution in [0.25, 0.3) is 17.0 Å². The maximum Gasteiger partial charge on any atom is 0.416 e. The summed E-state index contributed by atoms with van der Waals surface area (Å²) in [5, 5.41) is 7.44. The number of halogens is 6. The molecule has 2 aliphatic heterocycles. The van der Waals surface area contributed by atoms with Crippen molar-refractivity contribution in [3.63, 3.8) is 0 Å². The van der Waals surface area contributed by atoms with E-state index >= 15 is 0 Å². The van der Waals surface area contributed by atoms with E-state index in [-0.39, 0.29) is 29.1 Å². The third-order valence-electron chi connectivity index (χ3n) is 6.30. The normalized spacial score (nSPS) is 20.0. The van der Waals surface area contributed by atoms with Gasteiger partial charge in [-0.1, -0.05) is 12.1 Å². The molecule has 1 N–H and O–H groups in total. The average Bonchev–Trinajstić information content (AvgIpc) is 3.38. The summed E-state index contributed by atoms with van der Waals surface area (Å²) in [7, 11) is 0. The highest BCUT2D eigenvalue weighted by atomic mass is 32.2. The Balaban J connectivity index is 1.37. The predicted octanol–water partition coefficient (Wildman–Crippen LogP) is 5.15. The Morgan fingerprint density at radius 1 is 1.08 bits per heavy atom. The molecular formula is C25H20F6N4O3S. The van der Waals surface area contributed by atoms with Crippen LogP contribution in [-0.2, 0) is 28.4 Å². The van der Waals surface area contributed by atoms with Crippen LogP contribution in [0.2, 0.25) is 0 Å². The SMILES string of the molecule is O=C1SC(=Cc2ccc3c(cnn3Cc3ccc(C(F)(F)F)cc3C(F)(F)F)c2)C(=O)N1C[C@H]1COCCN1. The molecule has 3 heterocycles. The zero-order chi connectivity index (χ0) is 27.9. The number of rotatable bonds is 5. The standard InChI is InChI=1S/C25H20F6N4O3S/c26-24(27,28)17-3-2-15(19(9-17)25(29,30)31)11-35-20-4-1-14(7-16(20)10-33-35)8-21-22(36)34(23(37)39-21)12-18-13-38-6-5-32-18/h1-4,7-10,18,32H,5-6,11-13H2/t18-/m0/s1. The molecule has 2 aliphatic rings. The van der Waals surface area contributed by atoms with E-state index in [0.29, 0.717) is 42.3 Å². The van der Waals surface area contributed by atoms with E-state index in [1.807, 2.05) is 0 Å². The molecule has 1 atom stereocenters. The fraction of sp³-hybridized carbons (Fsp3) is 0.320. The number of aromatic nitrogens is 2. The summed E-state index contributed by atoms with van der Waals surface area (Å²) < 4.78 is 86.2. The zero-order valence-electron chi connectivity index (χ0n) is 20.0. The van der Waals surface area contributed by atoms with E-state index in [4.69, 9.17) is 4.74 Å². The smallest absolute Gasteiger partial charge is 0.378 e. The molecule has 3 aromatic rings. The van der Waals surface area contributed by atoms with Crippen molar-refractivity contribution in [3.05, 3.63) is 69.8 Å². The van der Waals surface area contributed by atoms with Gasteiger partial charge in [0.2, 0.25) is 0 Å².